The minimum absolute atomic E-state index is 0.00833. The number of halogens is 1. The summed E-state index contributed by atoms with van der Waals surface area (Å²) in [7, 11) is 0. The highest BCUT2D eigenvalue weighted by Crippen LogP contribution is 2.25. The molecule has 2 rings (SSSR count). The molecule has 1 atom stereocenters. The topological polar surface area (TPSA) is 38.9 Å². The fourth-order valence-electron chi connectivity index (χ4n) is 1.86. The first-order valence-corrected chi connectivity index (χ1v) is 7.17. The zero-order valence-corrected chi connectivity index (χ0v) is 12.3. The Hall–Kier alpha value is -0.710. The van der Waals surface area contributed by atoms with Crippen molar-refractivity contribution in [3.8, 4) is 0 Å². The molecule has 0 saturated carbocycles. The Balaban J connectivity index is 2.20. The minimum Gasteiger partial charge on any atom is -0.324 e. The van der Waals surface area contributed by atoms with Crippen LogP contribution in [-0.2, 0) is 6.42 Å². The van der Waals surface area contributed by atoms with E-state index in [1.165, 1.54) is 11.1 Å². The maximum atomic E-state index is 6.25. The van der Waals surface area contributed by atoms with Crippen LogP contribution in [0.15, 0.2) is 28.1 Å². The second-order valence-corrected chi connectivity index (χ2v) is 6.04. The lowest BCUT2D eigenvalue weighted by atomic mass is 9.99. The van der Waals surface area contributed by atoms with E-state index < -0.39 is 0 Å². The normalized spacial score (nSPS) is 12.7. The van der Waals surface area contributed by atoms with Crippen LogP contribution in [0.4, 0.5) is 0 Å². The average Bonchev–Trinajstić information content (AvgIpc) is 2.68. The van der Waals surface area contributed by atoms with Crippen LogP contribution in [0.25, 0.3) is 0 Å². The van der Waals surface area contributed by atoms with Gasteiger partial charge in [0.25, 0.3) is 0 Å². The van der Waals surface area contributed by atoms with Gasteiger partial charge in [0.1, 0.15) is 0 Å². The molecule has 0 fully saturated rings. The summed E-state index contributed by atoms with van der Waals surface area (Å²) in [5.41, 5.74) is 9.73. The molecule has 0 amide bonds. The summed E-state index contributed by atoms with van der Waals surface area (Å²) >= 11 is 5.21. The number of benzene rings is 1. The minimum atomic E-state index is 0.00833. The third-order valence-electron chi connectivity index (χ3n) is 2.80. The van der Waals surface area contributed by atoms with Crippen molar-refractivity contribution in [2.75, 3.05) is 0 Å². The Morgan fingerprint density at radius 2 is 2.18 bits per heavy atom. The molecule has 0 spiro atoms. The van der Waals surface area contributed by atoms with Gasteiger partial charge in [-0.05, 0) is 31.0 Å². The van der Waals surface area contributed by atoms with E-state index in [-0.39, 0.29) is 6.04 Å². The van der Waals surface area contributed by atoms with Gasteiger partial charge in [0.2, 0.25) is 0 Å². The molecule has 0 aliphatic rings. The quantitative estimate of drug-likeness (QED) is 0.937. The van der Waals surface area contributed by atoms with Crippen LogP contribution in [0.2, 0.25) is 0 Å². The lowest BCUT2D eigenvalue weighted by molar-refractivity contribution is 0.703. The van der Waals surface area contributed by atoms with Crippen molar-refractivity contribution in [3.63, 3.8) is 0 Å². The van der Waals surface area contributed by atoms with Crippen LogP contribution in [0.1, 0.15) is 27.9 Å². The molecule has 17 heavy (non-hydrogen) atoms. The molecule has 2 N–H and O–H groups in total. The van der Waals surface area contributed by atoms with Crippen molar-refractivity contribution < 1.29 is 0 Å². The standard InChI is InChI=1S/C13H15BrN2S/c1-8-11(4-3-5-12(8)14)13(15)6-10-7-17-9(2)16-10/h3-5,7,13H,6,15H2,1-2H3. The van der Waals surface area contributed by atoms with E-state index in [1.807, 2.05) is 19.1 Å². The maximum Gasteiger partial charge on any atom is 0.0897 e. The summed E-state index contributed by atoms with van der Waals surface area (Å²) < 4.78 is 1.11. The van der Waals surface area contributed by atoms with Gasteiger partial charge in [0.15, 0.2) is 0 Å². The molecule has 0 saturated heterocycles. The van der Waals surface area contributed by atoms with E-state index in [2.05, 4.69) is 39.3 Å². The maximum absolute atomic E-state index is 6.25. The molecule has 4 heteroatoms. The van der Waals surface area contributed by atoms with E-state index in [0.717, 1.165) is 21.6 Å². The number of aryl methyl sites for hydroxylation is 1. The molecule has 0 bridgehead atoms. The molecule has 1 heterocycles. The average molecular weight is 311 g/mol. The molecule has 90 valence electrons. The second kappa shape index (κ2) is 5.29. The van der Waals surface area contributed by atoms with E-state index >= 15 is 0 Å². The number of aromatic nitrogens is 1. The first-order valence-electron chi connectivity index (χ1n) is 5.49. The smallest absolute Gasteiger partial charge is 0.0897 e. The van der Waals surface area contributed by atoms with Crippen LogP contribution in [0.5, 0.6) is 0 Å². The van der Waals surface area contributed by atoms with Gasteiger partial charge in [0, 0.05) is 22.3 Å². The Morgan fingerprint density at radius 3 is 2.82 bits per heavy atom. The lowest BCUT2D eigenvalue weighted by Crippen LogP contribution is -2.15. The van der Waals surface area contributed by atoms with Crippen molar-refractivity contribution in [2.45, 2.75) is 26.3 Å². The van der Waals surface area contributed by atoms with Crippen LogP contribution in [0, 0.1) is 13.8 Å². The Labute approximate surface area is 114 Å². The van der Waals surface area contributed by atoms with Crippen LogP contribution < -0.4 is 5.73 Å². The number of nitrogens with two attached hydrogens (primary N) is 1. The first kappa shape index (κ1) is 12.7. The summed E-state index contributed by atoms with van der Waals surface area (Å²) in [6, 6.07) is 6.16. The molecule has 0 aliphatic carbocycles. The van der Waals surface area contributed by atoms with Gasteiger partial charge in [-0.3, -0.25) is 0 Å². The molecular formula is C13H15BrN2S. The molecule has 0 aliphatic heterocycles. The third-order valence-corrected chi connectivity index (χ3v) is 4.49. The number of nitrogens with zero attached hydrogens (tertiary/aromatic N) is 1. The monoisotopic (exact) mass is 310 g/mol. The first-order chi connectivity index (χ1) is 8.08. The van der Waals surface area contributed by atoms with E-state index in [1.54, 1.807) is 11.3 Å². The van der Waals surface area contributed by atoms with Gasteiger partial charge in [0.05, 0.1) is 10.7 Å². The Bertz CT molecular complexity index is 522. The van der Waals surface area contributed by atoms with Crippen molar-refractivity contribution in [3.05, 3.63) is 49.9 Å². The molecule has 2 nitrogen and oxygen atoms in total. The molecule has 1 aromatic heterocycles. The van der Waals surface area contributed by atoms with Gasteiger partial charge in [-0.1, -0.05) is 28.1 Å². The lowest BCUT2D eigenvalue weighted by Gasteiger charge is -2.14. The number of hydrogen-bond donors (Lipinski definition) is 1. The van der Waals surface area contributed by atoms with Crippen LogP contribution in [0.3, 0.4) is 0 Å². The SMILES string of the molecule is Cc1nc(CC(N)c2cccc(Br)c2C)cs1. The number of rotatable bonds is 3. The van der Waals surface area contributed by atoms with Crippen molar-refractivity contribution in [1.29, 1.82) is 0 Å². The summed E-state index contributed by atoms with van der Waals surface area (Å²) in [5, 5.41) is 3.18. The summed E-state index contributed by atoms with van der Waals surface area (Å²) in [6.07, 6.45) is 0.793. The zero-order valence-electron chi connectivity index (χ0n) is 9.90. The van der Waals surface area contributed by atoms with Crippen molar-refractivity contribution in [1.82, 2.24) is 4.98 Å². The van der Waals surface area contributed by atoms with Gasteiger partial charge < -0.3 is 5.73 Å². The summed E-state index contributed by atoms with van der Waals surface area (Å²) in [5.74, 6) is 0. The fourth-order valence-corrected chi connectivity index (χ4v) is 2.87. The fraction of sp³-hybridized carbons (Fsp3) is 0.308. The van der Waals surface area contributed by atoms with E-state index in [4.69, 9.17) is 5.73 Å². The summed E-state index contributed by atoms with van der Waals surface area (Å²) in [4.78, 5) is 4.46. The predicted octanol–water partition coefficient (Wildman–Crippen LogP) is 3.76. The van der Waals surface area contributed by atoms with E-state index in [9.17, 15) is 0 Å². The molecule has 2 aromatic rings. The number of thiazole rings is 1. The highest BCUT2D eigenvalue weighted by atomic mass is 79.9. The van der Waals surface area contributed by atoms with Crippen molar-refractivity contribution >= 4 is 27.3 Å². The highest BCUT2D eigenvalue weighted by molar-refractivity contribution is 9.10. The highest BCUT2D eigenvalue weighted by Gasteiger charge is 2.12. The van der Waals surface area contributed by atoms with Gasteiger partial charge >= 0.3 is 0 Å². The summed E-state index contributed by atoms with van der Waals surface area (Å²) in [6.45, 7) is 4.11. The Kier molecular flexibility index (Phi) is 3.97. The van der Waals surface area contributed by atoms with Crippen molar-refractivity contribution in [2.24, 2.45) is 5.73 Å². The molecule has 0 radical (unpaired) electrons. The van der Waals surface area contributed by atoms with Crippen LogP contribution in [-0.4, -0.2) is 4.98 Å². The molecule has 1 aromatic carbocycles. The van der Waals surface area contributed by atoms with Gasteiger partial charge in [-0.25, -0.2) is 4.98 Å². The number of hydrogen-bond acceptors (Lipinski definition) is 3. The van der Waals surface area contributed by atoms with Gasteiger partial charge in [-0.15, -0.1) is 11.3 Å². The largest absolute Gasteiger partial charge is 0.324 e. The third kappa shape index (κ3) is 2.94. The predicted molar refractivity (Wildman–Crippen MR) is 76.4 cm³/mol. The zero-order chi connectivity index (χ0) is 12.4. The van der Waals surface area contributed by atoms with E-state index in [0.29, 0.717) is 0 Å². The molecular weight excluding hydrogens is 296 g/mol. The van der Waals surface area contributed by atoms with Gasteiger partial charge in [-0.2, -0.15) is 0 Å². The van der Waals surface area contributed by atoms with Crippen LogP contribution >= 0.6 is 27.3 Å². The second-order valence-electron chi connectivity index (χ2n) is 4.12. The molecule has 1 unspecified atom stereocenters. The Morgan fingerprint density at radius 1 is 1.41 bits per heavy atom.